The van der Waals surface area contributed by atoms with Crippen LogP contribution in [0.3, 0.4) is 0 Å². The maximum atomic E-state index is 13.4. The Labute approximate surface area is 231 Å². The molecule has 0 heterocycles. The van der Waals surface area contributed by atoms with Gasteiger partial charge in [-0.3, -0.25) is 24.5 Å². The second kappa shape index (κ2) is 13.2. The van der Waals surface area contributed by atoms with E-state index in [1.54, 1.807) is 22.5 Å². The normalized spacial score (nSPS) is 12.7. The molecule has 3 aromatic carbocycles. The first-order valence-electron chi connectivity index (χ1n) is 13.3. The molecular weight excluding hydrogens is 490 g/mol. The predicted octanol–water partition coefficient (Wildman–Crippen LogP) is 6.05. The molecule has 7 nitrogen and oxygen atoms in total. The molecule has 0 spiro atoms. The van der Waals surface area contributed by atoms with Crippen molar-refractivity contribution in [1.82, 2.24) is 10.8 Å². The molecule has 3 N–H and O–H groups in total. The molecule has 0 aromatic heterocycles. The number of benzene rings is 3. The quantitative estimate of drug-likeness (QED) is 0.196. The van der Waals surface area contributed by atoms with E-state index in [-0.39, 0.29) is 35.5 Å². The monoisotopic (exact) mass is 529 g/mol. The summed E-state index contributed by atoms with van der Waals surface area (Å²) < 4.78 is 0. The van der Waals surface area contributed by atoms with Crippen LogP contribution in [0.1, 0.15) is 62.9 Å². The summed E-state index contributed by atoms with van der Waals surface area (Å²) in [6.07, 6.45) is 1.90. The van der Waals surface area contributed by atoms with Gasteiger partial charge in [-0.05, 0) is 65.6 Å². The zero-order chi connectivity index (χ0) is 28.5. The molecule has 3 amide bonds. The molecule has 0 aliphatic rings. The highest BCUT2D eigenvalue weighted by molar-refractivity contribution is 6.01. The second-order valence-electron chi connectivity index (χ2n) is 11.2. The molecule has 0 saturated heterocycles. The number of amides is 3. The number of hydrogen-bond acceptors (Lipinski definition) is 4. The molecule has 206 valence electrons. The number of carbonyl (C=O) groups is 3. The van der Waals surface area contributed by atoms with E-state index in [2.05, 4.69) is 19.2 Å². The molecular formula is C32H39N3O4. The molecule has 3 aromatic rings. The van der Waals surface area contributed by atoms with Crippen LogP contribution in [0.4, 0.5) is 11.4 Å². The van der Waals surface area contributed by atoms with Crippen LogP contribution in [0.5, 0.6) is 0 Å². The molecule has 39 heavy (non-hydrogen) atoms. The first-order chi connectivity index (χ1) is 18.6. The van der Waals surface area contributed by atoms with Crippen molar-refractivity contribution in [1.29, 1.82) is 0 Å². The summed E-state index contributed by atoms with van der Waals surface area (Å²) >= 11 is 0. The van der Waals surface area contributed by atoms with E-state index in [0.29, 0.717) is 18.5 Å². The fraction of sp³-hybridized carbons (Fsp3) is 0.344. The molecule has 0 aliphatic carbocycles. The Morgan fingerprint density at radius 2 is 1.36 bits per heavy atom. The van der Waals surface area contributed by atoms with Crippen LogP contribution in [0, 0.1) is 10.8 Å². The highest BCUT2D eigenvalue weighted by Crippen LogP contribution is 2.38. The smallest absolute Gasteiger partial charge is 0.251 e. The lowest BCUT2D eigenvalue weighted by Crippen LogP contribution is -2.39. The number of hydrogen-bond donors (Lipinski definition) is 3. The minimum atomic E-state index is -0.420. The number of hydroxylamine groups is 1. The van der Waals surface area contributed by atoms with E-state index in [9.17, 15) is 14.4 Å². The second-order valence-corrected chi connectivity index (χ2v) is 11.2. The molecule has 7 heteroatoms. The average Bonchev–Trinajstić information content (AvgIpc) is 2.93. The van der Waals surface area contributed by atoms with Crippen LogP contribution >= 0.6 is 0 Å². The number of rotatable bonds is 12. The van der Waals surface area contributed by atoms with E-state index in [0.717, 1.165) is 23.4 Å². The minimum Gasteiger partial charge on any atom is -0.351 e. The number of para-hydroxylation sites is 2. The molecule has 0 radical (unpaired) electrons. The average molecular weight is 530 g/mol. The van der Waals surface area contributed by atoms with E-state index >= 15 is 0 Å². The number of nitrogens with zero attached hydrogens (tertiary/aromatic N) is 1. The fourth-order valence-corrected chi connectivity index (χ4v) is 5.02. The van der Waals surface area contributed by atoms with Crippen molar-refractivity contribution in [3.8, 4) is 0 Å². The Kier molecular flexibility index (Phi) is 10.0. The van der Waals surface area contributed by atoms with Gasteiger partial charge in [0.15, 0.2) is 0 Å². The zero-order valence-corrected chi connectivity index (χ0v) is 23.2. The Morgan fingerprint density at radius 1 is 0.821 bits per heavy atom. The highest BCUT2D eigenvalue weighted by atomic mass is 16.5. The van der Waals surface area contributed by atoms with Gasteiger partial charge in [-0.2, -0.15) is 0 Å². The zero-order valence-electron chi connectivity index (χ0n) is 23.2. The summed E-state index contributed by atoms with van der Waals surface area (Å²) in [7, 11) is 0. The van der Waals surface area contributed by atoms with E-state index < -0.39 is 5.91 Å². The van der Waals surface area contributed by atoms with Gasteiger partial charge in [0.05, 0.1) is 6.42 Å². The summed E-state index contributed by atoms with van der Waals surface area (Å²) in [5.41, 5.74) is 4.06. The molecule has 1 unspecified atom stereocenters. The van der Waals surface area contributed by atoms with E-state index in [4.69, 9.17) is 5.21 Å². The third-order valence-electron chi connectivity index (χ3n) is 7.05. The van der Waals surface area contributed by atoms with Crippen LogP contribution in [0.25, 0.3) is 0 Å². The van der Waals surface area contributed by atoms with Gasteiger partial charge in [0.25, 0.3) is 5.91 Å². The predicted molar refractivity (Wildman–Crippen MR) is 154 cm³/mol. The Bertz CT molecular complexity index is 1200. The molecule has 1 atom stereocenters. The molecule has 0 saturated carbocycles. The van der Waals surface area contributed by atoms with Gasteiger partial charge >= 0.3 is 0 Å². The molecule has 0 bridgehead atoms. The number of anilines is 2. The van der Waals surface area contributed by atoms with Crippen molar-refractivity contribution < 1.29 is 19.6 Å². The van der Waals surface area contributed by atoms with E-state index in [1.807, 2.05) is 86.6 Å². The van der Waals surface area contributed by atoms with Gasteiger partial charge in [-0.1, -0.05) is 76.2 Å². The summed E-state index contributed by atoms with van der Waals surface area (Å²) in [5.74, 6) is -0.675. The van der Waals surface area contributed by atoms with Crippen molar-refractivity contribution >= 4 is 29.1 Å². The van der Waals surface area contributed by atoms with Crippen LogP contribution in [0.15, 0.2) is 84.9 Å². The van der Waals surface area contributed by atoms with Crippen molar-refractivity contribution in [3.05, 3.63) is 96.1 Å². The topological polar surface area (TPSA) is 98.7 Å². The molecule has 0 aliphatic heterocycles. The Balaban J connectivity index is 1.64. The number of nitrogens with one attached hydrogen (secondary N) is 2. The maximum Gasteiger partial charge on any atom is 0.251 e. The van der Waals surface area contributed by atoms with Crippen molar-refractivity contribution in [2.24, 2.45) is 10.8 Å². The van der Waals surface area contributed by atoms with Gasteiger partial charge in [0.1, 0.15) is 0 Å². The minimum absolute atomic E-state index is 0.0687. The lowest BCUT2D eigenvalue weighted by molar-refractivity contribution is -0.131. The van der Waals surface area contributed by atoms with Crippen molar-refractivity contribution in [2.45, 2.75) is 53.4 Å². The van der Waals surface area contributed by atoms with Crippen LogP contribution in [-0.2, 0) is 16.0 Å². The summed E-state index contributed by atoms with van der Waals surface area (Å²) in [5, 5.41) is 11.9. The molecule has 0 fully saturated rings. The van der Waals surface area contributed by atoms with Crippen molar-refractivity contribution in [2.75, 3.05) is 11.4 Å². The summed E-state index contributed by atoms with van der Waals surface area (Å²) in [6, 6.07) is 26.2. The van der Waals surface area contributed by atoms with Crippen LogP contribution < -0.4 is 15.7 Å². The maximum absolute atomic E-state index is 13.4. The van der Waals surface area contributed by atoms with Gasteiger partial charge in [-0.25, -0.2) is 5.48 Å². The largest absolute Gasteiger partial charge is 0.351 e. The highest BCUT2D eigenvalue weighted by Gasteiger charge is 2.33. The van der Waals surface area contributed by atoms with Crippen LogP contribution in [0.2, 0.25) is 0 Å². The SMILES string of the molecule is CCC(C)(CNC(=O)c1ccc(CC(=O)N(c2ccccc2)c2ccccc2)cc1)CC(C)(C)CC(=O)NO. The third-order valence-corrected chi connectivity index (χ3v) is 7.05. The van der Waals surface area contributed by atoms with Gasteiger partial charge in [0, 0.05) is 29.9 Å². The third kappa shape index (κ3) is 8.52. The van der Waals surface area contributed by atoms with Gasteiger partial charge < -0.3 is 5.32 Å². The van der Waals surface area contributed by atoms with E-state index in [1.165, 1.54) is 0 Å². The number of carbonyl (C=O) groups excluding carboxylic acids is 3. The summed E-state index contributed by atoms with van der Waals surface area (Å²) in [6.45, 7) is 8.57. The Morgan fingerprint density at radius 3 is 1.85 bits per heavy atom. The van der Waals surface area contributed by atoms with Gasteiger partial charge in [-0.15, -0.1) is 0 Å². The first kappa shape index (κ1) is 29.6. The molecule has 3 rings (SSSR count). The lowest BCUT2D eigenvalue weighted by Gasteiger charge is -2.37. The Hall–Kier alpha value is -3.97. The lowest BCUT2D eigenvalue weighted by atomic mass is 9.71. The first-order valence-corrected chi connectivity index (χ1v) is 13.3. The van der Waals surface area contributed by atoms with Gasteiger partial charge in [0.2, 0.25) is 11.8 Å². The van der Waals surface area contributed by atoms with Crippen molar-refractivity contribution in [3.63, 3.8) is 0 Å². The summed E-state index contributed by atoms with van der Waals surface area (Å²) in [4.78, 5) is 39.7. The standard InChI is InChI=1S/C32H39N3O4/c1-5-32(4,22-31(2,3)21-28(36)34-39)23-33-30(38)25-18-16-24(17-19-25)20-29(37)35(26-12-8-6-9-13-26)27-14-10-7-11-15-27/h6-19,39H,5,20-23H2,1-4H3,(H,33,38)(H,34,36). The van der Waals surface area contributed by atoms with Crippen LogP contribution in [-0.4, -0.2) is 29.5 Å². The fourth-order valence-electron chi connectivity index (χ4n) is 5.02.